The highest BCUT2D eigenvalue weighted by Crippen LogP contribution is 2.51. The summed E-state index contributed by atoms with van der Waals surface area (Å²) in [5, 5.41) is 16.2. The Hall–Kier alpha value is -3.51. The topological polar surface area (TPSA) is 73.8 Å². The van der Waals surface area contributed by atoms with Gasteiger partial charge in [0.2, 0.25) is 0 Å². The number of aromatic hydroxyl groups is 1. The van der Waals surface area contributed by atoms with Crippen molar-refractivity contribution in [3.63, 3.8) is 0 Å². The second-order valence-electron chi connectivity index (χ2n) is 9.86. The average Bonchev–Trinajstić information content (AvgIpc) is 2.84. The van der Waals surface area contributed by atoms with Crippen LogP contribution >= 0.6 is 0 Å². The standard InChI is InChI=1S/C29H33N3O3/c1-20-27-17-21-11-12-23(33)19-26(21)29(20,14-16-32(27)2)13-15-30-28(34)31-22-7-6-10-25(18-22)35-24-8-4-3-5-9-24/h3-12,18-20,27,33H,13-17H2,1-2H3,(H2,30,31,34)/t20-,27+,29?/m0/s1. The number of nitrogens with zero attached hydrogens (tertiary/aromatic N) is 1. The molecule has 0 radical (unpaired) electrons. The van der Waals surface area contributed by atoms with Gasteiger partial charge in [0, 0.05) is 29.8 Å². The number of benzene rings is 3. The molecule has 2 aliphatic rings. The van der Waals surface area contributed by atoms with E-state index < -0.39 is 0 Å². The van der Waals surface area contributed by atoms with Gasteiger partial charge in [0.1, 0.15) is 17.2 Å². The smallest absolute Gasteiger partial charge is 0.319 e. The first-order valence-electron chi connectivity index (χ1n) is 12.3. The number of carbonyl (C=O) groups excluding carboxylic acids is 1. The number of nitrogens with one attached hydrogen (secondary N) is 2. The van der Waals surface area contributed by atoms with E-state index in [-0.39, 0.29) is 11.4 Å². The van der Waals surface area contributed by atoms with Gasteiger partial charge in [0.25, 0.3) is 0 Å². The van der Waals surface area contributed by atoms with Crippen molar-refractivity contribution >= 4 is 11.7 Å². The number of likely N-dealkylation sites (tertiary alicyclic amines) is 1. The Morgan fingerprint density at radius 2 is 1.89 bits per heavy atom. The number of urea groups is 1. The number of anilines is 1. The van der Waals surface area contributed by atoms with Gasteiger partial charge in [-0.3, -0.25) is 0 Å². The molecule has 0 aromatic heterocycles. The first-order valence-corrected chi connectivity index (χ1v) is 12.3. The fourth-order valence-electron chi connectivity index (χ4n) is 5.99. The Morgan fingerprint density at radius 3 is 2.71 bits per heavy atom. The summed E-state index contributed by atoms with van der Waals surface area (Å²) in [4.78, 5) is 15.2. The summed E-state index contributed by atoms with van der Waals surface area (Å²) >= 11 is 0. The highest BCUT2D eigenvalue weighted by molar-refractivity contribution is 5.89. The molecule has 1 aliphatic heterocycles. The molecular weight excluding hydrogens is 438 g/mol. The number of para-hydroxylation sites is 1. The number of piperidine rings is 1. The molecule has 3 N–H and O–H groups in total. The maximum absolute atomic E-state index is 12.7. The summed E-state index contributed by atoms with van der Waals surface area (Å²) in [6, 6.07) is 23.0. The largest absolute Gasteiger partial charge is 0.508 e. The molecule has 1 unspecified atom stereocenters. The third kappa shape index (κ3) is 4.71. The number of likely N-dealkylation sites (N-methyl/N-ethyl adjacent to an activating group) is 1. The molecule has 5 rings (SSSR count). The van der Waals surface area contributed by atoms with Crippen molar-refractivity contribution in [2.75, 3.05) is 25.5 Å². The van der Waals surface area contributed by atoms with Gasteiger partial charge in [-0.05, 0) is 86.3 Å². The summed E-state index contributed by atoms with van der Waals surface area (Å²) in [5.74, 6) is 2.17. The molecule has 1 aliphatic carbocycles. The second-order valence-corrected chi connectivity index (χ2v) is 9.86. The summed E-state index contributed by atoms with van der Waals surface area (Å²) in [6.45, 7) is 3.90. The monoisotopic (exact) mass is 471 g/mol. The first kappa shape index (κ1) is 23.2. The van der Waals surface area contributed by atoms with Crippen molar-refractivity contribution in [2.45, 2.75) is 37.6 Å². The van der Waals surface area contributed by atoms with Gasteiger partial charge in [0.05, 0.1) is 0 Å². The Morgan fingerprint density at radius 1 is 1.09 bits per heavy atom. The molecule has 6 nitrogen and oxygen atoms in total. The van der Waals surface area contributed by atoms with Crippen LogP contribution in [0.3, 0.4) is 0 Å². The number of phenolic OH excluding ortho intramolecular Hbond substituents is 1. The van der Waals surface area contributed by atoms with Gasteiger partial charge < -0.3 is 25.4 Å². The highest BCUT2D eigenvalue weighted by Gasteiger charge is 2.50. The zero-order valence-electron chi connectivity index (χ0n) is 20.3. The third-order valence-corrected chi connectivity index (χ3v) is 7.91. The number of hydrogen-bond donors (Lipinski definition) is 3. The minimum absolute atomic E-state index is 0.0553. The number of phenols is 1. The van der Waals surface area contributed by atoms with Crippen LogP contribution in [0, 0.1) is 5.92 Å². The molecule has 3 aromatic rings. The van der Waals surface area contributed by atoms with Gasteiger partial charge in [-0.15, -0.1) is 0 Å². The maximum atomic E-state index is 12.7. The van der Waals surface area contributed by atoms with E-state index in [4.69, 9.17) is 4.74 Å². The van der Waals surface area contributed by atoms with Crippen molar-refractivity contribution < 1.29 is 14.6 Å². The van der Waals surface area contributed by atoms with Crippen LogP contribution in [0.4, 0.5) is 10.5 Å². The fraction of sp³-hybridized carbons (Fsp3) is 0.345. The molecule has 3 atom stereocenters. The lowest BCUT2D eigenvalue weighted by molar-refractivity contribution is 0.0364. The normalized spacial score (nSPS) is 23.3. The van der Waals surface area contributed by atoms with E-state index in [1.54, 1.807) is 6.07 Å². The van der Waals surface area contributed by atoms with Gasteiger partial charge in [-0.1, -0.05) is 37.3 Å². The van der Waals surface area contributed by atoms with Crippen molar-refractivity contribution in [1.82, 2.24) is 10.2 Å². The lowest BCUT2D eigenvalue weighted by Gasteiger charge is -2.55. The molecule has 2 bridgehead atoms. The SMILES string of the molecule is C[C@H]1[C@H]2Cc3ccc(O)cc3C1(CCNC(=O)Nc1cccc(Oc3ccccc3)c1)CCN2C. The van der Waals surface area contributed by atoms with Gasteiger partial charge in [0.15, 0.2) is 0 Å². The first-order chi connectivity index (χ1) is 16.9. The summed E-state index contributed by atoms with van der Waals surface area (Å²) < 4.78 is 5.87. The van der Waals surface area contributed by atoms with E-state index in [1.807, 2.05) is 60.7 Å². The van der Waals surface area contributed by atoms with E-state index in [0.29, 0.717) is 35.7 Å². The zero-order valence-corrected chi connectivity index (χ0v) is 20.3. The van der Waals surface area contributed by atoms with E-state index >= 15 is 0 Å². The van der Waals surface area contributed by atoms with Crippen molar-refractivity contribution in [3.8, 4) is 17.2 Å². The fourth-order valence-corrected chi connectivity index (χ4v) is 5.99. The summed E-state index contributed by atoms with van der Waals surface area (Å²) in [7, 11) is 2.21. The minimum Gasteiger partial charge on any atom is -0.508 e. The van der Waals surface area contributed by atoms with E-state index in [1.165, 1.54) is 11.1 Å². The quantitative estimate of drug-likeness (QED) is 0.442. The molecule has 35 heavy (non-hydrogen) atoms. The second kappa shape index (κ2) is 9.62. The van der Waals surface area contributed by atoms with Crippen LogP contribution in [-0.4, -0.2) is 42.2 Å². The molecule has 1 saturated heterocycles. The highest BCUT2D eigenvalue weighted by atomic mass is 16.5. The van der Waals surface area contributed by atoms with Crippen molar-refractivity contribution in [3.05, 3.63) is 83.9 Å². The lowest BCUT2D eigenvalue weighted by Crippen LogP contribution is -2.58. The van der Waals surface area contributed by atoms with Gasteiger partial charge in [-0.25, -0.2) is 4.79 Å². The van der Waals surface area contributed by atoms with Crippen LogP contribution in [0.15, 0.2) is 72.8 Å². The van der Waals surface area contributed by atoms with Gasteiger partial charge >= 0.3 is 6.03 Å². The van der Waals surface area contributed by atoms with Crippen LogP contribution in [0.2, 0.25) is 0 Å². The maximum Gasteiger partial charge on any atom is 0.319 e. The molecule has 1 heterocycles. The predicted molar refractivity (Wildman–Crippen MR) is 138 cm³/mol. The van der Waals surface area contributed by atoms with E-state index in [0.717, 1.165) is 31.6 Å². The minimum atomic E-state index is -0.234. The Kier molecular flexibility index (Phi) is 6.39. The third-order valence-electron chi connectivity index (χ3n) is 7.91. The van der Waals surface area contributed by atoms with E-state index in [2.05, 4.69) is 35.6 Å². The number of fused-ring (bicyclic) bond motifs is 4. The van der Waals surface area contributed by atoms with Crippen LogP contribution in [0.1, 0.15) is 30.9 Å². The molecule has 2 amide bonds. The zero-order chi connectivity index (χ0) is 24.4. The predicted octanol–water partition coefficient (Wildman–Crippen LogP) is 5.53. The molecule has 1 fully saturated rings. The lowest BCUT2D eigenvalue weighted by atomic mass is 9.56. The van der Waals surface area contributed by atoms with E-state index in [9.17, 15) is 9.90 Å². The number of carbonyl (C=O) groups is 1. The van der Waals surface area contributed by atoms with Crippen molar-refractivity contribution in [2.24, 2.45) is 5.92 Å². The van der Waals surface area contributed by atoms with Crippen LogP contribution in [-0.2, 0) is 11.8 Å². The summed E-state index contributed by atoms with van der Waals surface area (Å²) in [5.41, 5.74) is 3.19. The van der Waals surface area contributed by atoms with Crippen molar-refractivity contribution in [1.29, 1.82) is 0 Å². The molecule has 182 valence electrons. The molecule has 0 saturated carbocycles. The number of rotatable bonds is 6. The summed E-state index contributed by atoms with van der Waals surface area (Å²) in [6.07, 6.45) is 2.85. The Balaban J connectivity index is 1.24. The number of amides is 2. The van der Waals surface area contributed by atoms with Crippen LogP contribution in [0.5, 0.6) is 17.2 Å². The molecule has 6 heteroatoms. The van der Waals surface area contributed by atoms with Crippen LogP contribution < -0.4 is 15.4 Å². The van der Waals surface area contributed by atoms with Crippen LogP contribution in [0.25, 0.3) is 0 Å². The van der Waals surface area contributed by atoms with Gasteiger partial charge in [-0.2, -0.15) is 0 Å². The average molecular weight is 472 g/mol. The molecule has 3 aromatic carbocycles. The molecule has 0 spiro atoms. The molecular formula is C29H33N3O3. The number of ether oxygens (including phenoxy) is 1. The number of hydrogen-bond acceptors (Lipinski definition) is 4. The Bertz CT molecular complexity index is 1200. The Labute approximate surface area is 206 Å².